The Kier molecular flexibility index (Phi) is 20.3. The summed E-state index contributed by atoms with van der Waals surface area (Å²) in [5.41, 5.74) is 0. The molecule has 27 heavy (non-hydrogen) atoms. The van der Waals surface area contributed by atoms with Gasteiger partial charge in [0.1, 0.15) is 0 Å². The van der Waals surface area contributed by atoms with Crippen LogP contribution in [0.3, 0.4) is 0 Å². The Hall–Kier alpha value is -1.15. The van der Waals surface area contributed by atoms with Crippen LogP contribution in [0.1, 0.15) is 123 Å². The van der Waals surface area contributed by atoms with Crippen LogP contribution in [0.25, 0.3) is 0 Å². The summed E-state index contributed by atoms with van der Waals surface area (Å²) >= 11 is 0. The number of carbonyl (C=O) groups excluding carboxylic acids is 2. The van der Waals surface area contributed by atoms with E-state index in [0.29, 0.717) is 13.0 Å². The molecule has 4 nitrogen and oxygen atoms in total. The summed E-state index contributed by atoms with van der Waals surface area (Å²) in [6.45, 7) is 4.51. The second-order valence-electron chi connectivity index (χ2n) is 7.62. The van der Waals surface area contributed by atoms with Crippen LogP contribution in [0.2, 0.25) is 0 Å². The summed E-state index contributed by atoms with van der Waals surface area (Å²) in [5.74, 6) is -0.401. The Labute approximate surface area is 167 Å². The summed E-state index contributed by atoms with van der Waals surface area (Å²) < 4.78 is 5.16. The highest BCUT2D eigenvalue weighted by molar-refractivity contribution is 5.76. The standard InChI is InChI=1S/C23H43NO3/c1-3-5-6-7-8-9-10-11-12-13-14-15-16-17-18-19-20-27-23(26)22(4-2)24-21-25/h22H,3-20H2,1-2H3. The van der Waals surface area contributed by atoms with Crippen molar-refractivity contribution in [3.8, 4) is 0 Å². The van der Waals surface area contributed by atoms with Crippen molar-refractivity contribution < 1.29 is 14.3 Å². The lowest BCUT2D eigenvalue weighted by Gasteiger charge is -2.08. The Balaban J connectivity index is 3.23. The Morgan fingerprint density at radius 3 is 1.52 bits per heavy atom. The quantitative estimate of drug-likeness (QED) is 0.0996. The third-order valence-electron chi connectivity index (χ3n) is 5.11. The molecule has 1 atom stereocenters. The van der Waals surface area contributed by atoms with Crippen molar-refractivity contribution in [2.45, 2.75) is 129 Å². The molecule has 158 valence electrons. The summed E-state index contributed by atoms with van der Waals surface area (Å²) in [6, 6.07) is -0.677. The van der Waals surface area contributed by atoms with Gasteiger partial charge in [-0.25, -0.2) is 9.59 Å². The van der Waals surface area contributed by atoms with E-state index in [1.807, 2.05) is 0 Å². The zero-order chi connectivity index (χ0) is 20.0. The van der Waals surface area contributed by atoms with Crippen molar-refractivity contribution in [2.75, 3.05) is 6.61 Å². The van der Waals surface area contributed by atoms with Crippen molar-refractivity contribution in [3.05, 3.63) is 0 Å². The van der Waals surface area contributed by atoms with E-state index >= 15 is 0 Å². The third-order valence-corrected chi connectivity index (χ3v) is 5.11. The van der Waals surface area contributed by atoms with Crippen LogP contribution < -0.4 is 0 Å². The van der Waals surface area contributed by atoms with Gasteiger partial charge in [0.25, 0.3) is 0 Å². The second-order valence-corrected chi connectivity index (χ2v) is 7.62. The fraction of sp³-hybridized carbons (Fsp3) is 0.913. The number of hydrogen-bond acceptors (Lipinski definition) is 4. The first-order valence-electron chi connectivity index (χ1n) is 11.5. The number of hydrogen-bond donors (Lipinski definition) is 0. The monoisotopic (exact) mass is 381 g/mol. The molecule has 0 amide bonds. The lowest BCUT2D eigenvalue weighted by atomic mass is 10.0. The van der Waals surface area contributed by atoms with Crippen molar-refractivity contribution in [2.24, 2.45) is 4.99 Å². The van der Waals surface area contributed by atoms with Crippen LogP contribution in [0.4, 0.5) is 0 Å². The van der Waals surface area contributed by atoms with Crippen LogP contribution in [-0.4, -0.2) is 24.7 Å². The number of carbonyl (C=O) groups is 1. The number of aliphatic imine (C=N–C) groups is 1. The van der Waals surface area contributed by atoms with E-state index in [4.69, 9.17) is 4.74 Å². The minimum absolute atomic E-state index is 0.401. The molecule has 0 aliphatic carbocycles. The molecule has 0 saturated heterocycles. The molecule has 0 heterocycles. The van der Waals surface area contributed by atoms with Gasteiger partial charge in [-0.15, -0.1) is 0 Å². The Morgan fingerprint density at radius 2 is 1.15 bits per heavy atom. The van der Waals surface area contributed by atoms with E-state index < -0.39 is 12.0 Å². The molecular formula is C23H43NO3. The minimum atomic E-state index is -0.677. The van der Waals surface area contributed by atoms with E-state index in [1.165, 1.54) is 96.0 Å². The smallest absolute Gasteiger partial charge is 0.331 e. The molecule has 0 N–H and O–H groups in total. The van der Waals surface area contributed by atoms with Gasteiger partial charge >= 0.3 is 5.97 Å². The zero-order valence-electron chi connectivity index (χ0n) is 18.0. The molecule has 0 aliphatic heterocycles. The van der Waals surface area contributed by atoms with Gasteiger partial charge in [-0.1, -0.05) is 110 Å². The van der Waals surface area contributed by atoms with E-state index in [9.17, 15) is 9.59 Å². The van der Waals surface area contributed by atoms with E-state index in [2.05, 4.69) is 11.9 Å². The van der Waals surface area contributed by atoms with Crippen molar-refractivity contribution >= 4 is 12.0 Å². The summed E-state index contributed by atoms with van der Waals surface area (Å²) in [4.78, 5) is 25.3. The lowest BCUT2D eigenvalue weighted by Crippen LogP contribution is -2.21. The predicted molar refractivity (Wildman–Crippen MR) is 113 cm³/mol. The van der Waals surface area contributed by atoms with Gasteiger partial charge in [0.2, 0.25) is 6.08 Å². The maximum Gasteiger partial charge on any atom is 0.331 e. The number of isocyanates is 1. The first-order valence-corrected chi connectivity index (χ1v) is 11.5. The molecule has 0 spiro atoms. The molecule has 0 aromatic rings. The van der Waals surface area contributed by atoms with Crippen LogP contribution >= 0.6 is 0 Å². The van der Waals surface area contributed by atoms with Gasteiger partial charge in [-0.05, 0) is 12.8 Å². The van der Waals surface area contributed by atoms with Gasteiger partial charge < -0.3 is 4.74 Å². The number of unbranched alkanes of at least 4 members (excludes halogenated alkanes) is 15. The number of esters is 1. The summed E-state index contributed by atoms with van der Waals surface area (Å²) in [5, 5.41) is 0. The molecule has 0 radical (unpaired) electrons. The lowest BCUT2D eigenvalue weighted by molar-refractivity contribution is -0.145. The van der Waals surface area contributed by atoms with Crippen LogP contribution in [-0.2, 0) is 14.3 Å². The maximum absolute atomic E-state index is 11.6. The topological polar surface area (TPSA) is 55.7 Å². The zero-order valence-corrected chi connectivity index (χ0v) is 18.0. The fourth-order valence-electron chi connectivity index (χ4n) is 3.29. The van der Waals surface area contributed by atoms with Crippen molar-refractivity contribution in [3.63, 3.8) is 0 Å². The molecule has 0 rings (SSSR count). The number of ether oxygens (including phenoxy) is 1. The van der Waals surface area contributed by atoms with Crippen molar-refractivity contribution in [1.82, 2.24) is 0 Å². The second kappa shape index (κ2) is 21.2. The highest BCUT2D eigenvalue weighted by atomic mass is 16.5. The largest absolute Gasteiger partial charge is 0.464 e. The SMILES string of the molecule is CCCCCCCCCCCCCCCCCCOC(=O)C(CC)N=C=O. The maximum atomic E-state index is 11.6. The third kappa shape index (κ3) is 18.0. The molecular weight excluding hydrogens is 338 g/mol. The molecule has 0 aromatic carbocycles. The molecule has 4 heteroatoms. The molecule has 0 saturated carbocycles. The molecule has 0 aliphatic rings. The molecule has 1 unspecified atom stereocenters. The minimum Gasteiger partial charge on any atom is -0.464 e. The highest BCUT2D eigenvalue weighted by Crippen LogP contribution is 2.13. The van der Waals surface area contributed by atoms with E-state index in [-0.39, 0.29) is 0 Å². The first-order chi connectivity index (χ1) is 13.3. The van der Waals surface area contributed by atoms with Gasteiger partial charge in [0.05, 0.1) is 6.61 Å². The molecule has 0 fully saturated rings. The Morgan fingerprint density at radius 1 is 0.741 bits per heavy atom. The average molecular weight is 382 g/mol. The van der Waals surface area contributed by atoms with Crippen molar-refractivity contribution in [1.29, 1.82) is 0 Å². The first kappa shape index (κ1) is 25.9. The molecule has 0 bridgehead atoms. The van der Waals surface area contributed by atoms with Gasteiger partial charge in [-0.2, -0.15) is 4.99 Å². The fourth-order valence-corrected chi connectivity index (χ4v) is 3.29. The predicted octanol–water partition coefficient (Wildman–Crippen LogP) is 6.91. The highest BCUT2D eigenvalue weighted by Gasteiger charge is 2.16. The molecule has 0 aromatic heterocycles. The summed E-state index contributed by atoms with van der Waals surface area (Å²) in [7, 11) is 0. The van der Waals surface area contributed by atoms with Crippen LogP contribution in [0, 0.1) is 0 Å². The van der Waals surface area contributed by atoms with Gasteiger partial charge in [0.15, 0.2) is 6.04 Å². The Bertz CT molecular complexity index is 378. The van der Waals surface area contributed by atoms with Crippen LogP contribution in [0.5, 0.6) is 0 Å². The van der Waals surface area contributed by atoms with E-state index in [1.54, 1.807) is 6.92 Å². The summed E-state index contributed by atoms with van der Waals surface area (Å²) in [6.07, 6.45) is 23.1. The van der Waals surface area contributed by atoms with Gasteiger partial charge in [0, 0.05) is 0 Å². The average Bonchev–Trinajstić information content (AvgIpc) is 2.68. The number of nitrogens with zero attached hydrogens (tertiary/aromatic N) is 1. The van der Waals surface area contributed by atoms with E-state index in [0.717, 1.165) is 12.8 Å². The van der Waals surface area contributed by atoms with Gasteiger partial charge in [-0.3, -0.25) is 0 Å². The normalized spacial score (nSPS) is 11.8. The van der Waals surface area contributed by atoms with Crippen LogP contribution in [0.15, 0.2) is 4.99 Å². The number of rotatable bonds is 20.